The SMILES string of the molecule is C[C@@H]1CNC[C@H]1c1nc(C2(C)CCCO2)no1. The van der Waals surface area contributed by atoms with Gasteiger partial charge in [-0.3, -0.25) is 0 Å². The zero-order valence-electron chi connectivity index (χ0n) is 10.4. The molecule has 3 heterocycles. The van der Waals surface area contributed by atoms with Gasteiger partial charge < -0.3 is 14.6 Å². The molecule has 1 unspecified atom stereocenters. The summed E-state index contributed by atoms with van der Waals surface area (Å²) in [6.07, 6.45) is 2.05. The van der Waals surface area contributed by atoms with E-state index in [9.17, 15) is 0 Å². The van der Waals surface area contributed by atoms with Crippen molar-refractivity contribution >= 4 is 0 Å². The third-order valence-electron chi connectivity index (χ3n) is 3.97. The van der Waals surface area contributed by atoms with Gasteiger partial charge in [0.2, 0.25) is 11.7 Å². The first kappa shape index (κ1) is 11.2. The fourth-order valence-corrected chi connectivity index (χ4v) is 2.70. The standard InChI is InChI=1S/C12H19N3O2/c1-8-6-13-7-9(8)10-14-11(15-17-10)12(2)4-3-5-16-12/h8-9,13H,3-7H2,1-2H3/t8-,9-,12?/m1/s1. The van der Waals surface area contributed by atoms with Gasteiger partial charge in [0.05, 0.1) is 5.92 Å². The number of aromatic nitrogens is 2. The molecule has 0 spiro atoms. The average Bonchev–Trinajstić information content (AvgIpc) is 2.97. The van der Waals surface area contributed by atoms with E-state index in [2.05, 4.69) is 22.4 Å². The zero-order chi connectivity index (χ0) is 11.9. The van der Waals surface area contributed by atoms with Crippen molar-refractivity contribution in [3.05, 3.63) is 11.7 Å². The lowest BCUT2D eigenvalue weighted by Crippen LogP contribution is -2.22. The predicted molar refractivity (Wildman–Crippen MR) is 61.6 cm³/mol. The quantitative estimate of drug-likeness (QED) is 0.843. The Morgan fingerprint density at radius 1 is 1.41 bits per heavy atom. The van der Waals surface area contributed by atoms with Crippen LogP contribution in [0.4, 0.5) is 0 Å². The number of hydrogen-bond acceptors (Lipinski definition) is 5. The molecule has 0 radical (unpaired) electrons. The Kier molecular flexibility index (Phi) is 2.67. The summed E-state index contributed by atoms with van der Waals surface area (Å²) in [6.45, 7) is 7.01. The second-order valence-electron chi connectivity index (χ2n) is 5.38. The van der Waals surface area contributed by atoms with Gasteiger partial charge in [0.15, 0.2) is 0 Å². The van der Waals surface area contributed by atoms with E-state index in [0.29, 0.717) is 17.7 Å². The molecule has 0 bridgehead atoms. The van der Waals surface area contributed by atoms with Crippen LogP contribution in [0.2, 0.25) is 0 Å². The summed E-state index contributed by atoms with van der Waals surface area (Å²) in [5.74, 6) is 2.38. The second kappa shape index (κ2) is 4.07. The summed E-state index contributed by atoms with van der Waals surface area (Å²) in [5.41, 5.74) is -0.336. The first-order valence-corrected chi connectivity index (χ1v) is 6.38. The maximum atomic E-state index is 5.73. The number of ether oxygens (including phenoxy) is 1. The van der Waals surface area contributed by atoms with E-state index in [0.717, 1.165) is 38.4 Å². The van der Waals surface area contributed by atoms with E-state index >= 15 is 0 Å². The largest absolute Gasteiger partial charge is 0.367 e. The van der Waals surface area contributed by atoms with Crippen LogP contribution in [-0.4, -0.2) is 29.8 Å². The summed E-state index contributed by atoms with van der Waals surface area (Å²) >= 11 is 0. The minimum Gasteiger partial charge on any atom is -0.367 e. The smallest absolute Gasteiger partial charge is 0.231 e. The first-order chi connectivity index (χ1) is 8.19. The van der Waals surface area contributed by atoms with Crippen molar-refractivity contribution in [2.75, 3.05) is 19.7 Å². The van der Waals surface area contributed by atoms with Gasteiger partial charge in [-0.05, 0) is 32.2 Å². The minimum absolute atomic E-state index is 0.336. The molecule has 1 N–H and O–H groups in total. The van der Waals surface area contributed by atoms with Gasteiger partial charge in [-0.1, -0.05) is 12.1 Å². The molecule has 2 fully saturated rings. The van der Waals surface area contributed by atoms with E-state index in [-0.39, 0.29) is 5.60 Å². The van der Waals surface area contributed by atoms with Gasteiger partial charge in [-0.2, -0.15) is 4.98 Å². The van der Waals surface area contributed by atoms with Crippen LogP contribution in [0.3, 0.4) is 0 Å². The highest BCUT2D eigenvalue weighted by Gasteiger charge is 2.38. The third-order valence-corrected chi connectivity index (χ3v) is 3.97. The van der Waals surface area contributed by atoms with Crippen molar-refractivity contribution in [1.29, 1.82) is 0 Å². The fraction of sp³-hybridized carbons (Fsp3) is 0.833. The van der Waals surface area contributed by atoms with Crippen LogP contribution in [0.1, 0.15) is 44.3 Å². The monoisotopic (exact) mass is 237 g/mol. The van der Waals surface area contributed by atoms with E-state index in [1.165, 1.54) is 0 Å². The Hall–Kier alpha value is -0.940. The lowest BCUT2D eigenvalue weighted by Gasteiger charge is -2.17. The van der Waals surface area contributed by atoms with Crippen LogP contribution in [0.15, 0.2) is 4.52 Å². The highest BCUT2D eigenvalue weighted by molar-refractivity contribution is 5.06. The van der Waals surface area contributed by atoms with Crippen molar-refractivity contribution in [3.8, 4) is 0 Å². The van der Waals surface area contributed by atoms with Gasteiger partial charge in [-0.15, -0.1) is 0 Å². The second-order valence-corrected chi connectivity index (χ2v) is 5.38. The maximum absolute atomic E-state index is 5.73. The Bertz CT molecular complexity index is 398. The van der Waals surface area contributed by atoms with Crippen LogP contribution >= 0.6 is 0 Å². The molecule has 3 atom stereocenters. The average molecular weight is 237 g/mol. The number of rotatable bonds is 2. The Balaban J connectivity index is 1.82. The molecule has 5 heteroatoms. The van der Waals surface area contributed by atoms with Crippen molar-refractivity contribution in [2.45, 2.75) is 38.2 Å². The van der Waals surface area contributed by atoms with Gasteiger partial charge in [0, 0.05) is 13.2 Å². The lowest BCUT2D eigenvalue weighted by molar-refractivity contribution is 0.00768. The molecule has 3 rings (SSSR count). The molecular weight excluding hydrogens is 218 g/mol. The maximum Gasteiger partial charge on any atom is 0.231 e. The highest BCUT2D eigenvalue weighted by atomic mass is 16.5. The molecule has 5 nitrogen and oxygen atoms in total. The molecule has 94 valence electrons. The molecule has 17 heavy (non-hydrogen) atoms. The normalized spacial score (nSPS) is 37.8. The minimum atomic E-state index is -0.336. The van der Waals surface area contributed by atoms with Crippen molar-refractivity contribution in [3.63, 3.8) is 0 Å². The molecule has 0 aromatic carbocycles. The molecule has 1 aromatic heterocycles. The van der Waals surface area contributed by atoms with E-state index in [1.54, 1.807) is 0 Å². The Morgan fingerprint density at radius 3 is 2.94 bits per heavy atom. The molecule has 0 aliphatic carbocycles. The summed E-state index contributed by atoms with van der Waals surface area (Å²) in [5, 5.41) is 7.46. The van der Waals surface area contributed by atoms with Crippen LogP contribution in [-0.2, 0) is 10.3 Å². The number of nitrogens with one attached hydrogen (secondary N) is 1. The van der Waals surface area contributed by atoms with Crippen molar-refractivity contribution in [1.82, 2.24) is 15.5 Å². The third kappa shape index (κ3) is 1.87. The molecule has 0 amide bonds. The summed E-state index contributed by atoms with van der Waals surface area (Å²) in [6, 6.07) is 0. The van der Waals surface area contributed by atoms with Gasteiger partial charge in [0.1, 0.15) is 5.60 Å². The van der Waals surface area contributed by atoms with E-state index < -0.39 is 0 Å². The van der Waals surface area contributed by atoms with Crippen molar-refractivity contribution in [2.24, 2.45) is 5.92 Å². The van der Waals surface area contributed by atoms with Gasteiger partial charge in [-0.25, -0.2) is 0 Å². The molecular formula is C12H19N3O2. The molecule has 1 aromatic rings. The molecule has 2 saturated heterocycles. The van der Waals surface area contributed by atoms with Crippen molar-refractivity contribution < 1.29 is 9.26 Å². The molecule has 2 aliphatic heterocycles. The first-order valence-electron chi connectivity index (χ1n) is 6.38. The van der Waals surface area contributed by atoms with Crippen LogP contribution in [0, 0.1) is 5.92 Å². The Morgan fingerprint density at radius 2 is 2.29 bits per heavy atom. The molecule has 2 aliphatic rings. The van der Waals surface area contributed by atoms with E-state index in [1.807, 2.05) is 6.92 Å². The summed E-state index contributed by atoms with van der Waals surface area (Å²) in [4.78, 5) is 4.55. The number of nitrogens with zero attached hydrogens (tertiary/aromatic N) is 2. The van der Waals surface area contributed by atoms with Crippen LogP contribution in [0.25, 0.3) is 0 Å². The number of hydrogen-bond donors (Lipinski definition) is 1. The van der Waals surface area contributed by atoms with Crippen LogP contribution in [0.5, 0.6) is 0 Å². The lowest BCUT2D eigenvalue weighted by atomic mass is 9.98. The van der Waals surface area contributed by atoms with Crippen LogP contribution < -0.4 is 5.32 Å². The summed E-state index contributed by atoms with van der Waals surface area (Å²) in [7, 11) is 0. The Labute approximate surface area is 101 Å². The molecule has 0 saturated carbocycles. The highest BCUT2D eigenvalue weighted by Crippen LogP contribution is 2.35. The topological polar surface area (TPSA) is 60.2 Å². The summed E-state index contributed by atoms with van der Waals surface area (Å²) < 4.78 is 11.1. The fourth-order valence-electron chi connectivity index (χ4n) is 2.70. The zero-order valence-corrected chi connectivity index (χ0v) is 10.4. The predicted octanol–water partition coefficient (Wildman–Crippen LogP) is 1.42. The van der Waals surface area contributed by atoms with Gasteiger partial charge in [0.25, 0.3) is 0 Å². The van der Waals surface area contributed by atoms with Gasteiger partial charge >= 0.3 is 0 Å². The van der Waals surface area contributed by atoms with E-state index in [4.69, 9.17) is 9.26 Å².